The van der Waals surface area contributed by atoms with Crippen LogP contribution >= 0.6 is 0 Å². The molecule has 3 aromatic carbocycles. The molecule has 1 atom stereocenters. The summed E-state index contributed by atoms with van der Waals surface area (Å²) in [5.41, 5.74) is 6.84. The fraction of sp³-hybridized carbons (Fsp3) is 0.286. The number of rotatable bonds is 8. The summed E-state index contributed by atoms with van der Waals surface area (Å²) in [7, 11) is 3.70. The average molecular weight is 592 g/mol. The molecule has 1 amide bonds. The number of ether oxygens (including phenoxy) is 2. The van der Waals surface area contributed by atoms with E-state index in [2.05, 4.69) is 52.2 Å². The van der Waals surface area contributed by atoms with Crippen LogP contribution in [0.2, 0.25) is 0 Å². The van der Waals surface area contributed by atoms with E-state index in [1.54, 1.807) is 29.4 Å². The Labute approximate surface area is 255 Å². The number of piperidine rings is 1. The number of aromatic amines is 1. The van der Waals surface area contributed by atoms with E-state index in [-0.39, 0.29) is 12.7 Å². The first-order valence-corrected chi connectivity index (χ1v) is 14.9. The van der Waals surface area contributed by atoms with Crippen molar-refractivity contribution in [1.29, 1.82) is 0 Å². The third kappa shape index (κ3) is 5.33. The van der Waals surface area contributed by atoms with E-state index in [1.807, 2.05) is 12.1 Å². The van der Waals surface area contributed by atoms with Crippen LogP contribution in [0.3, 0.4) is 0 Å². The number of pyridine rings is 1. The van der Waals surface area contributed by atoms with Crippen LogP contribution in [0.25, 0.3) is 22.2 Å². The second kappa shape index (κ2) is 11.8. The number of hydrogen-bond acceptors (Lipinski definition) is 6. The summed E-state index contributed by atoms with van der Waals surface area (Å²) in [6.45, 7) is 2.56. The molecule has 1 fully saturated rings. The van der Waals surface area contributed by atoms with Gasteiger partial charge < -0.3 is 24.3 Å². The molecule has 5 aromatic rings. The molecule has 0 aliphatic carbocycles. The van der Waals surface area contributed by atoms with Gasteiger partial charge in [0.1, 0.15) is 23.4 Å². The normalized spacial score (nSPS) is 16.4. The number of H-pyrrole nitrogens is 1. The first kappa shape index (κ1) is 28.2. The van der Waals surface area contributed by atoms with Gasteiger partial charge in [-0.3, -0.25) is 9.78 Å². The van der Waals surface area contributed by atoms with E-state index < -0.39 is 11.9 Å². The third-order valence-electron chi connectivity index (χ3n) is 8.85. The van der Waals surface area contributed by atoms with Crippen LogP contribution in [0, 0.1) is 5.82 Å². The van der Waals surface area contributed by atoms with Crippen LogP contribution in [0.15, 0.2) is 79.1 Å². The number of halogens is 1. The Kier molecular flexibility index (Phi) is 7.57. The number of methoxy groups -OCH3 is 1. The zero-order valence-corrected chi connectivity index (χ0v) is 24.8. The SMILES string of the molecule is COCOc1ccc(F)cc1C(c1nc2ccncc2[nH]1)N1Cc2ccc(-c3ccc(C4CCN(C)CC4)cc3)cc2C1=O. The van der Waals surface area contributed by atoms with Crippen molar-refractivity contribution in [3.63, 3.8) is 0 Å². The Morgan fingerprint density at radius 1 is 1.02 bits per heavy atom. The van der Waals surface area contributed by atoms with E-state index >= 15 is 0 Å². The highest BCUT2D eigenvalue weighted by Crippen LogP contribution is 2.40. The minimum Gasteiger partial charge on any atom is -0.467 e. The van der Waals surface area contributed by atoms with Crippen LogP contribution in [0.1, 0.15) is 57.7 Å². The van der Waals surface area contributed by atoms with Gasteiger partial charge in [0.25, 0.3) is 5.91 Å². The van der Waals surface area contributed by atoms with Crippen LogP contribution in [0.5, 0.6) is 5.75 Å². The van der Waals surface area contributed by atoms with Crippen LogP contribution in [-0.2, 0) is 11.3 Å². The van der Waals surface area contributed by atoms with Gasteiger partial charge in [-0.15, -0.1) is 0 Å². The van der Waals surface area contributed by atoms with Crippen molar-refractivity contribution >= 4 is 16.9 Å². The highest BCUT2D eigenvalue weighted by molar-refractivity contribution is 6.00. The second-order valence-corrected chi connectivity index (χ2v) is 11.7. The topological polar surface area (TPSA) is 83.6 Å². The van der Waals surface area contributed by atoms with Gasteiger partial charge in [0, 0.05) is 31.0 Å². The molecular formula is C35H34FN5O3. The van der Waals surface area contributed by atoms with E-state index in [0.29, 0.717) is 40.7 Å². The summed E-state index contributed by atoms with van der Waals surface area (Å²) in [5, 5.41) is 0. The van der Waals surface area contributed by atoms with Gasteiger partial charge in [-0.05, 0) is 91.5 Å². The first-order chi connectivity index (χ1) is 21.5. The zero-order valence-electron chi connectivity index (χ0n) is 24.8. The Bertz CT molecular complexity index is 1780. The number of amides is 1. The average Bonchev–Trinajstić information content (AvgIpc) is 3.62. The molecule has 44 heavy (non-hydrogen) atoms. The molecular weight excluding hydrogens is 557 g/mol. The van der Waals surface area contributed by atoms with E-state index in [0.717, 1.165) is 35.3 Å². The van der Waals surface area contributed by atoms with Gasteiger partial charge in [-0.1, -0.05) is 36.4 Å². The van der Waals surface area contributed by atoms with Gasteiger partial charge in [0.15, 0.2) is 6.79 Å². The highest BCUT2D eigenvalue weighted by atomic mass is 19.1. The van der Waals surface area contributed by atoms with Crippen molar-refractivity contribution < 1.29 is 18.7 Å². The van der Waals surface area contributed by atoms with Crippen molar-refractivity contribution in [3.05, 3.63) is 113 Å². The lowest BCUT2D eigenvalue weighted by Crippen LogP contribution is -2.31. The number of aromatic nitrogens is 3. The molecule has 0 bridgehead atoms. The summed E-state index contributed by atoms with van der Waals surface area (Å²) < 4.78 is 25.7. The first-order valence-electron chi connectivity index (χ1n) is 14.9. The maximum absolute atomic E-state index is 14.8. The molecule has 1 saturated heterocycles. The molecule has 0 radical (unpaired) electrons. The number of fused-ring (bicyclic) bond motifs is 2. The summed E-state index contributed by atoms with van der Waals surface area (Å²) in [6, 6.07) is 20.2. The van der Waals surface area contributed by atoms with Gasteiger partial charge in [0.05, 0.1) is 17.2 Å². The molecule has 2 aliphatic heterocycles. The summed E-state index contributed by atoms with van der Waals surface area (Å²) in [4.78, 5) is 30.6. The Balaban J connectivity index is 1.23. The highest BCUT2D eigenvalue weighted by Gasteiger charge is 2.38. The number of likely N-dealkylation sites (tertiary alicyclic amines) is 1. The Hall–Kier alpha value is -4.60. The van der Waals surface area contributed by atoms with E-state index in [4.69, 9.17) is 14.5 Å². The van der Waals surface area contributed by atoms with Crippen molar-refractivity contribution in [2.45, 2.75) is 31.3 Å². The molecule has 1 N–H and O–H groups in total. The number of nitrogens with one attached hydrogen (secondary N) is 1. The smallest absolute Gasteiger partial charge is 0.255 e. The molecule has 2 aliphatic rings. The fourth-order valence-corrected chi connectivity index (χ4v) is 6.46. The molecule has 9 heteroatoms. The molecule has 8 nitrogen and oxygen atoms in total. The van der Waals surface area contributed by atoms with Gasteiger partial charge in [0.2, 0.25) is 0 Å². The number of benzene rings is 3. The van der Waals surface area contributed by atoms with E-state index in [9.17, 15) is 9.18 Å². The van der Waals surface area contributed by atoms with Crippen LogP contribution in [-0.4, -0.2) is 64.7 Å². The predicted molar refractivity (Wildman–Crippen MR) is 166 cm³/mol. The lowest BCUT2D eigenvalue weighted by atomic mass is 9.88. The largest absolute Gasteiger partial charge is 0.467 e. The monoisotopic (exact) mass is 591 g/mol. The third-order valence-corrected chi connectivity index (χ3v) is 8.85. The van der Waals surface area contributed by atoms with Crippen molar-refractivity contribution in [3.8, 4) is 16.9 Å². The summed E-state index contributed by atoms with van der Waals surface area (Å²) in [5.74, 6) is 0.887. The fourth-order valence-electron chi connectivity index (χ4n) is 6.46. The van der Waals surface area contributed by atoms with Crippen molar-refractivity contribution in [2.24, 2.45) is 0 Å². The molecule has 1 unspecified atom stereocenters. The minimum absolute atomic E-state index is 0.0243. The number of hydrogen-bond donors (Lipinski definition) is 1. The summed E-state index contributed by atoms with van der Waals surface area (Å²) in [6.07, 6.45) is 5.69. The number of carbonyl (C=O) groups is 1. The number of carbonyl (C=O) groups excluding carboxylic acids is 1. The maximum Gasteiger partial charge on any atom is 0.255 e. The van der Waals surface area contributed by atoms with Gasteiger partial charge in [-0.2, -0.15) is 0 Å². The number of nitrogens with zero attached hydrogens (tertiary/aromatic N) is 4. The Morgan fingerprint density at radius 2 is 1.82 bits per heavy atom. The standard InChI is InChI=1S/C35H34FN5O3/c1-40-15-12-24(13-16-40)22-3-5-23(6-4-22)25-7-8-26-20-41(35(42)28(26)17-25)33(34-38-30-11-14-37-19-31(30)39-34)29-18-27(36)9-10-32(29)44-21-43-2/h3-11,14,17-19,24,33H,12-13,15-16,20-21H2,1-2H3,(H,38,39). The van der Waals surface area contributed by atoms with Crippen molar-refractivity contribution in [1.82, 2.24) is 24.8 Å². The molecule has 0 saturated carbocycles. The number of imidazole rings is 1. The van der Waals surface area contributed by atoms with Crippen LogP contribution in [0.4, 0.5) is 4.39 Å². The lowest BCUT2D eigenvalue weighted by molar-refractivity contribution is 0.0487. The van der Waals surface area contributed by atoms with Crippen LogP contribution < -0.4 is 4.74 Å². The molecule has 224 valence electrons. The minimum atomic E-state index is -0.748. The predicted octanol–water partition coefficient (Wildman–Crippen LogP) is 6.30. The molecule has 7 rings (SSSR count). The lowest BCUT2D eigenvalue weighted by Gasteiger charge is -2.29. The molecule has 4 heterocycles. The van der Waals surface area contributed by atoms with E-state index in [1.165, 1.54) is 37.6 Å². The second-order valence-electron chi connectivity index (χ2n) is 11.7. The zero-order chi connectivity index (χ0) is 30.2. The summed E-state index contributed by atoms with van der Waals surface area (Å²) >= 11 is 0. The van der Waals surface area contributed by atoms with Gasteiger partial charge in [-0.25, -0.2) is 9.37 Å². The maximum atomic E-state index is 14.8. The molecule has 0 spiro atoms. The molecule has 2 aromatic heterocycles. The Morgan fingerprint density at radius 3 is 2.59 bits per heavy atom. The van der Waals surface area contributed by atoms with Crippen molar-refractivity contribution in [2.75, 3.05) is 34.0 Å². The van der Waals surface area contributed by atoms with Gasteiger partial charge >= 0.3 is 0 Å². The quantitative estimate of drug-likeness (QED) is 0.213.